The van der Waals surface area contributed by atoms with Gasteiger partial charge in [0.05, 0.1) is 0 Å². The van der Waals surface area contributed by atoms with Crippen LogP contribution < -0.4 is 5.32 Å². The zero-order valence-corrected chi connectivity index (χ0v) is 11.9. The highest BCUT2D eigenvalue weighted by molar-refractivity contribution is 6.17. The second-order valence-corrected chi connectivity index (χ2v) is 4.99. The van der Waals surface area contributed by atoms with Crippen molar-refractivity contribution < 1.29 is 0 Å². The van der Waals surface area contributed by atoms with Crippen LogP contribution in [0.3, 0.4) is 0 Å². The lowest BCUT2D eigenvalue weighted by atomic mass is 10.1. The third-order valence-electron chi connectivity index (χ3n) is 3.14. The Hall–Kier alpha value is -1.31. The summed E-state index contributed by atoms with van der Waals surface area (Å²) in [5.41, 5.74) is 3.90. The third-order valence-corrected chi connectivity index (χ3v) is 3.45. The molecule has 0 aliphatic heterocycles. The predicted octanol–water partition coefficient (Wildman–Crippen LogP) is 4.15. The van der Waals surface area contributed by atoms with Crippen molar-refractivity contribution in [3.63, 3.8) is 0 Å². The molecule has 0 amide bonds. The van der Waals surface area contributed by atoms with Crippen LogP contribution in [-0.4, -0.2) is 6.54 Å². The lowest BCUT2D eigenvalue weighted by molar-refractivity contribution is 0.649. The second-order valence-electron chi connectivity index (χ2n) is 4.72. The fourth-order valence-corrected chi connectivity index (χ4v) is 2.28. The van der Waals surface area contributed by atoms with Crippen LogP contribution in [-0.2, 0) is 18.8 Å². The van der Waals surface area contributed by atoms with Crippen molar-refractivity contribution in [3.05, 3.63) is 71.3 Å². The summed E-state index contributed by atoms with van der Waals surface area (Å²) in [6, 6.07) is 19.1. The van der Waals surface area contributed by atoms with Crippen LogP contribution in [0.15, 0.2) is 54.6 Å². The Kier molecular flexibility index (Phi) is 5.93. The molecule has 1 nitrogen and oxygen atoms in total. The van der Waals surface area contributed by atoms with Gasteiger partial charge in [0, 0.05) is 12.4 Å². The Balaban J connectivity index is 1.66. The van der Waals surface area contributed by atoms with E-state index in [9.17, 15) is 0 Å². The Morgan fingerprint density at radius 1 is 0.842 bits per heavy atom. The van der Waals surface area contributed by atoms with Crippen molar-refractivity contribution in [2.45, 2.75) is 25.3 Å². The fourth-order valence-electron chi connectivity index (χ4n) is 2.12. The van der Waals surface area contributed by atoms with Gasteiger partial charge >= 0.3 is 0 Å². The van der Waals surface area contributed by atoms with Gasteiger partial charge in [-0.2, -0.15) is 0 Å². The molecule has 0 aliphatic carbocycles. The van der Waals surface area contributed by atoms with Gasteiger partial charge < -0.3 is 5.32 Å². The van der Waals surface area contributed by atoms with Crippen LogP contribution in [0.5, 0.6) is 0 Å². The Morgan fingerprint density at radius 3 is 2.37 bits per heavy atom. The van der Waals surface area contributed by atoms with Gasteiger partial charge in [0.15, 0.2) is 0 Å². The van der Waals surface area contributed by atoms with Crippen molar-refractivity contribution in [3.8, 4) is 0 Å². The van der Waals surface area contributed by atoms with Gasteiger partial charge in [-0.25, -0.2) is 0 Å². The fraction of sp³-hybridized carbons (Fsp3) is 0.294. The van der Waals surface area contributed by atoms with Crippen molar-refractivity contribution in [2.75, 3.05) is 6.54 Å². The molecule has 0 aliphatic rings. The van der Waals surface area contributed by atoms with Crippen molar-refractivity contribution in [2.24, 2.45) is 0 Å². The minimum atomic E-state index is 0.585. The van der Waals surface area contributed by atoms with E-state index in [-0.39, 0.29) is 0 Å². The molecule has 19 heavy (non-hydrogen) atoms. The van der Waals surface area contributed by atoms with Crippen molar-refractivity contribution >= 4 is 11.6 Å². The molecule has 0 spiro atoms. The maximum absolute atomic E-state index is 5.83. The maximum Gasteiger partial charge on any atom is 0.0474 e. The molecule has 0 saturated heterocycles. The molecule has 0 aromatic heterocycles. The first kappa shape index (κ1) is 14.1. The molecule has 0 radical (unpaired) electrons. The zero-order chi connectivity index (χ0) is 13.3. The number of hydrogen-bond donors (Lipinski definition) is 1. The van der Waals surface area contributed by atoms with Crippen molar-refractivity contribution in [1.82, 2.24) is 5.32 Å². The average molecular weight is 274 g/mol. The summed E-state index contributed by atoms with van der Waals surface area (Å²) in [4.78, 5) is 0. The molecule has 2 heteroatoms. The zero-order valence-electron chi connectivity index (χ0n) is 11.1. The summed E-state index contributed by atoms with van der Waals surface area (Å²) in [6.07, 6.45) is 2.30. The van der Waals surface area contributed by atoms with Crippen LogP contribution in [0.2, 0.25) is 0 Å². The molecule has 0 unspecified atom stereocenters. The van der Waals surface area contributed by atoms with Crippen LogP contribution >= 0.6 is 11.6 Å². The lowest BCUT2D eigenvalue weighted by Gasteiger charge is -2.06. The van der Waals surface area contributed by atoms with Crippen LogP contribution in [0.25, 0.3) is 0 Å². The summed E-state index contributed by atoms with van der Waals surface area (Å²) in [7, 11) is 0. The van der Waals surface area contributed by atoms with E-state index in [0.29, 0.717) is 5.88 Å². The predicted molar refractivity (Wildman–Crippen MR) is 82.5 cm³/mol. The Morgan fingerprint density at radius 2 is 1.58 bits per heavy atom. The maximum atomic E-state index is 5.83. The van der Waals surface area contributed by atoms with Gasteiger partial charge in [-0.05, 0) is 36.1 Å². The molecule has 100 valence electrons. The summed E-state index contributed by atoms with van der Waals surface area (Å²) in [5, 5.41) is 3.48. The van der Waals surface area contributed by atoms with Gasteiger partial charge in [0.2, 0.25) is 0 Å². The first-order valence-electron chi connectivity index (χ1n) is 6.77. The third kappa shape index (κ3) is 5.06. The molecule has 0 atom stereocenters. The first-order valence-corrected chi connectivity index (χ1v) is 7.30. The molecule has 0 fully saturated rings. The summed E-state index contributed by atoms with van der Waals surface area (Å²) in [6.45, 7) is 1.96. The molecular formula is C17H20ClN. The quantitative estimate of drug-likeness (QED) is 0.590. The highest BCUT2D eigenvalue weighted by Crippen LogP contribution is 2.07. The van der Waals surface area contributed by atoms with E-state index in [4.69, 9.17) is 11.6 Å². The second kappa shape index (κ2) is 7.98. The topological polar surface area (TPSA) is 12.0 Å². The Labute approximate surface area is 120 Å². The van der Waals surface area contributed by atoms with E-state index in [1.807, 2.05) is 0 Å². The highest BCUT2D eigenvalue weighted by atomic mass is 35.5. The van der Waals surface area contributed by atoms with E-state index in [0.717, 1.165) is 19.5 Å². The number of hydrogen-bond acceptors (Lipinski definition) is 1. The van der Waals surface area contributed by atoms with Gasteiger partial charge in [0.25, 0.3) is 0 Å². The molecule has 2 rings (SSSR count). The molecular weight excluding hydrogens is 254 g/mol. The number of benzene rings is 2. The number of halogens is 1. The van der Waals surface area contributed by atoms with E-state index in [1.165, 1.54) is 23.1 Å². The lowest BCUT2D eigenvalue weighted by Crippen LogP contribution is -2.15. The monoisotopic (exact) mass is 273 g/mol. The Bertz CT molecular complexity index is 482. The standard InChI is InChI=1S/C17H20ClN/c18-13-16-8-4-9-17(12-16)14-19-11-5-10-15-6-2-1-3-7-15/h1-4,6-9,12,19H,5,10-11,13-14H2. The summed E-state index contributed by atoms with van der Waals surface area (Å²) in [5.74, 6) is 0.585. The van der Waals surface area contributed by atoms with Crippen LogP contribution in [0, 0.1) is 0 Å². The van der Waals surface area contributed by atoms with E-state index in [2.05, 4.69) is 59.9 Å². The van der Waals surface area contributed by atoms with Gasteiger partial charge in [-0.3, -0.25) is 0 Å². The summed E-state index contributed by atoms with van der Waals surface area (Å²) >= 11 is 5.83. The minimum Gasteiger partial charge on any atom is -0.313 e. The van der Waals surface area contributed by atoms with E-state index < -0.39 is 0 Å². The number of alkyl halides is 1. The van der Waals surface area contributed by atoms with Crippen LogP contribution in [0.4, 0.5) is 0 Å². The van der Waals surface area contributed by atoms with E-state index >= 15 is 0 Å². The summed E-state index contributed by atoms with van der Waals surface area (Å²) < 4.78 is 0. The molecule has 0 heterocycles. The average Bonchev–Trinajstić information content (AvgIpc) is 2.48. The van der Waals surface area contributed by atoms with Gasteiger partial charge in [-0.15, -0.1) is 11.6 Å². The number of rotatable bonds is 7. The van der Waals surface area contributed by atoms with Gasteiger partial charge in [-0.1, -0.05) is 54.6 Å². The number of aryl methyl sites for hydroxylation is 1. The van der Waals surface area contributed by atoms with Crippen molar-refractivity contribution in [1.29, 1.82) is 0 Å². The molecule has 1 N–H and O–H groups in total. The van der Waals surface area contributed by atoms with E-state index in [1.54, 1.807) is 0 Å². The smallest absolute Gasteiger partial charge is 0.0474 e. The molecule has 0 bridgehead atoms. The van der Waals surface area contributed by atoms with Crippen LogP contribution in [0.1, 0.15) is 23.1 Å². The molecule has 0 saturated carbocycles. The largest absolute Gasteiger partial charge is 0.313 e. The normalized spacial score (nSPS) is 10.6. The first-order chi connectivity index (χ1) is 9.38. The highest BCUT2D eigenvalue weighted by Gasteiger charge is 1.96. The van der Waals surface area contributed by atoms with Gasteiger partial charge in [0.1, 0.15) is 0 Å². The minimum absolute atomic E-state index is 0.585. The SMILES string of the molecule is ClCc1cccc(CNCCCc2ccccc2)c1. The number of nitrogens with one attached hydrogen (secondary N) is 1. The molecule has 2 aromatic rings. The molecule has 2 aromatic carbocycles.